The second-order valence-electron chi connectivity index (χ2n) is 6.46. The zero-order valence-electron chi connectivity index (χ0n) is 16.0. The van der Waals surface area contributed by atoms with Crippen molar-refractivity contribution in [2.75, 3.05) is 6.61 Å². The van der Waals surface area contributed by atoms with Gasteiger partial charge >= 0.3 is 0 Å². The number of rotatable bonds is 10. The molecule has 3 rings (SSSR count). The van der Waals surface area contributed by atoms with Gasteiger partial charge in [0.05, 0.1) is 26.5 Å². The first-order valence-electron chi connectivity index (χ1n) is 9.20. The molecule has 3 aromatic rings. The molecule has 6 heteroatoms. The molecule has 0 aliphatic rings. The van der Waals surface area contributed by atoms with E-state index in [4.69, 9.17) is 9.15 Å². The van der Waals surface area contributed by atoms with Crippen molar-refractivity contribution in [1.82, 2.24) is 4.57 Å². The quantitative estimate of drug-likeness (QED) is 0.203. The van der Waals surface area contributed by atoms with Gasteiger partial charge in [-0.05, 0) is 67.8 Å². The summed E-state index contributed by atoms with van der Waals surface area (Å²) in [6, 6.07) is 10.9. The second-order valence-corrected chi connectivity index (χ2v) is 6.46. The smallest absolute Gasteiger partial charge is 0.243 e. The summed E-state index contributed by atoms with van der Waals surface area (Å²) in [5, 5.41) is 0. The van der Waals surface area contributed by atoms with Gasteiger partial charge in [0.25, 0.3) is 0 Å². The monoisotopic (exact) mass is 444 g/mol. The molecule has 0 N–H and O–H groups in total. The lowest BCUT2D eigenvalue weighted by Gasteiger charge is -2.06. The zero-order valence-corrected chi connectivity index (χ0v) is 17.5. The van der Waals surface area contributed by atoms with Gasteiger partial charge in [-0.25, -0.2) is 9.13 Å². The van der Waals surface area contributed by atoms with Crippen LogP contribution in [0.1, 0.15) is 35.4 Å². The van der Waals surface area contributed by atoms with Gasteiger partial charge in [0.15, 0.2) is 5.78 Å². The molecular weight excluding hydrogens is 420 g/mol. The number of furan rings is 1. The highest BCUT2D eigenvalue weighted by Crippen LogP contribution is 2.14. The Morgan fingerprint density at radius 2 is 2.00 bits per heavy atom. The fourth-order valence-electron chi connectivity index (χ4n) is 2.75. The van der Waals surface area contributed by atoms with Crippen molar-refractivity contribution in [2.45, 2.75) is 25.8 Å². The molecule has 0 aliphatic carbocycles. The number of hydrogen-bond acceptors (Lipinski definition) is 3. The minimum Gasteiger partial charge on any atom is -1.00 e. The van der Waals surface area contributed by atoms with Crippen LogP contribution in [0.25, 0.3) is 6.08 Å². The van der Waals surface area contributed by atoms with Crippen LogP contribution in [0, 0.1) is 0 Å². The van der Waals surface area contributed by atoms with Crippen molar-refractivity contribution in [3.8, 4) is 5.75 Å². The summed E-state index contributed by atoms with van der Waals surface area (Å²) in [7, 11) is 2.03. The molecule has 0 aliphatic heterocycles. The maximum atomic E-state index is 12.1. The Bertz CT molecular complexity index is 868. The van der Waals surface area contributed by atoms with E-state index >= 15 is 0 Å². The minimum absolute atomic E-state index is 0. The number of aromatic nitrogens is 2. The second kappa shape index (κ2) is 11.3. The molecule has 0 atom stereocenters. The van der Waals surface area contributed by atoms with E-state index in [0.717, 1.165) is 31.6 Å². The molecule has 2 aromatic heterocycles. The standard InChI is InChI=1S/C22H25N2O3.BrH/c1-23-14-15-24(18-23)13-3-2-4-16-26-21-9-7-19(8-10-21)22(25)12-11-20-6-5-17-27-20;/h5-12,14-15,17-18H,2-4,13,16H2,1H3;1H/q+1;/p-1/b12-11+;. The molecule has 0 spiro atoms. The molecule has 0 amide bonds. The van der Waals surface area contributed by atoms with E-state index in [9.17, 15) is 4.79 Å². The van der Waals surface area contributed by atoms with E-state index < -0.39 is 0 Å². The Kier molecular flexibility index (Phi) is 8.75. The summed E-state index contributed by atoms with van der Waals surface area (Å²) in [4.78, 5) is 12.1. The SMILES string of the molecule is C[n+]1ccn(CCCCCOc2ccc(C(=O)/C=C/c3ccco3)cc2)c1.[Br-]. The molecule has 0 saturated heterocycles. The van der Waals surface area contributed by atoms with E-state index in [-0.39, 0.29) is 22.8 Å². The van der Waals surface area contributed by atoms with Gasteiger partial charge in [-0.3, -0.25) is 4.79 Å². The molecule has 28 heavy (non-hydrogen) atoms. The van der Waals surface area contributed by atoms with Crippen molar-refractivity contribution < 1.29 is 35.5 Å². The van der Waals surface area contributed by atoms with Gasteiger partial charge in [-0.1, -0.05) is 0 Å². The predicted molar refractivity (Wildman–Crippen MR) is 103 cm³/mol. The molecule has 0 fully saturated rings. The molecule has 148 valence electrons. The molecule has 0 radical (unpaired) electrons. The summed E-state index contributed by atoms with van der Waals surface area (Å²) in [6.45, 7) is 1.72. The first-order valence-corrected chi connectivity index (χ1v) is 9.20. The Balaban J connectivity index is 0.00000280. The summed E-state index contributed by atoms with van der Waals surface area (Å²) >= 11 is 0. The Morgan fingerprint density at radius 1 is 1.18 bits per heavy atom. The lowest BCUT2D eigenvalue weighted by molar-refractivity contribution is -0.671. The predicted octanol–water partition coefficient (Wildman–Crippen LogP) is 1.05. The van der Waals surface area contributed by atoms with Gasteiger partial charge in [0, 0.05) is 5.56 Å². The summed E-state index contributed by atoms with van der Waals surface area (Å²) in [5.41, 5.74) is 0.630. The Morgan fingerprint density at radius 3 is 2.68 bits per heavy atom. The van der Waals surface area contributed by atoms with Gasteiger partial charge in [-0.15, -0.1) is 0 Å². The number of ether oxygens (including phenoxy) is 1. The van der Waals surface area contributed by atoms with Gasteiger partial charge in [0.2, 0.25) is 6.33 Å². The van der Waals surface area contributed by atoms with E-state index in [0.29, 0.717) is 17.9 Å². The number of imidazole rings is 1. The number of allylic oxidation sites excluding steroid dienone is 1. The van der Waals surface area contributed by atoms with Crippen molar-refractivity contribution in [3.05, 3.63) is 78.8 Å². The summed E-state index contributed by atoms with van der Waals surface area (Å²) < 4.78 is 15.2. The highest BCUT2D eigenvalue weighted by molar-refractivity contribution is 6.06. The van der Waals surface area contributed by atoms with Crippen LogP contribution in [0.2, 0.25) is 0 Å². The van der Waals surface area contributed by atoms with Crippen LogP contribution in [-0.2, 0) is 13.6 Å². The fourth-order valence-corrected chi connectivity index (χ4v) is 2.75. The van der Waals surface area contributed by atoms with Crippen molar-refractivity contribution in [2.24, 2.45) is 7.05 Å². The largest absolute Gasteiger partial charge is 1.00 e. The molecular formula is C22H25BrN2O3. The number of aryl methyl sites for hydroxylation is 2. The van der Waals surface area contributed by atoms with E-state index in [1.807, 2.05) is 29.9 Å². The summed E-state index contributed by atoms with van der Waals surface area (Å²) in [6.07, 6.45) is 14.2. The van der Waals surface area contributed by atoms with Crippen LogP contribution in [0.4, 0.5) is 0 Å². The van der Waals surface area contributed by atoms with Crippen molar-refractivity contribution in [1.29, 1.82) is 0 Å². The van der Waals surface area contributed by atoms with Gasteiger partial charge in [-0.2, -0.15) is 0 Å². The first kappa shape index (κ1) is 21.7. The number of halogens is 1. The Hall–Kier alpha value is -2.60. The number of benzene rings is 1. The van der Waals surface area contributed by atoms with Crippen LogP contribution in [0.3, 0.4) is 0 Å². The van der Waals surface area contributed by atoms with Gasteiger partial charge in [0.1, 0.15) is 23.9 Å². The molecule has 1 aromatic carbocycles. The lowest BCUT2D eigenvalue weighted by atomic mass is 10.1. The third-order valence-electron chi connectivity index (χ3n) is 4.23. The van der Waals surface area contributed by atoms with Crippen molar-refractivity contribution >= 4 is 11.9 Å². The van der Waals surface area contributed by atoms with E-state index in [2.05, 4.69) is 17.1 Å². The average Bonchev–Trinajstić information content (AvgIpc) is 3.35. The molecule has 0 saturated carbocycles. The van der Waals surface area contributed by atoms with E-state index in [1.54, 1.807) is 36.6 Å². The molecule has 0 bridgehead atoms. The molecule has 2 heterocycles. The first-order chi connectivity index (χ1) is 13.2. The Labute approximate surface area is 176 Å². The topological polar surface area (TPSA) is 48.2 Å². The number of ketones is 1. The number of nitrogens with zero attached hydrogens (tertiary/aromatic N) is 2. The maximum Gasteiger partial charge on any atom is 0.243 e. The zero-order chi connectivity index (χ0) is 18.9. The third-order valence-corrected chi connectivity index (χ3v) is 4.23. The number of hydrogen-bond donors (Lipinski definition) is 0. The van der Waals surface area contributed by atoms with Crippen LogP contribution in [-0.4, -0.2) is 17.0 Å². The van der Waals surface area contributed by atoms with E-state index in [1.165, 1.54) is 6.08 Å². The number of carbonyl (C=O) groups is 1. The average molecular weight is 445 g/mol. The van der Waals surface area contributed by atoms with Crippen LogP contribution < -0.4 is 26.3 Å². The highest BCUT2D eigenvalue weighted by Gasteiger charge is 2.03. The minimum atomic E-state index is -0.0589. The molecule has 5 nitrogen and oxygen atoms in total. The van der Waals surface area contributed by atoms with Crippen LogP contribution in [0.5, 0.6) is 5.75 Å². The lowest BCUT2D eigenvalue weighted by Crippen LogP contribution is -3.00. The summed E-state index contributed by atoms with van der Waals surface area (Å²) in [5.74, 6) is 1.39. The highest BCUT2D eigenvalue weighted by atomic mass is 79.9. The molecule has 0 unspecified atom stereocenters. The number of carbonyl (C=O) groups excluding carboxylic acids is 1. The number of unbranched alkanes of at least 4 members (excludes halogenated alkanes) is 2. The fraction of sp³-hybridized carbons (Fsp3) is 0.273. The normalized spacial score (nSPS) is 10.8. The third kappa shape index (κ3) is 6.85. The van der Waals surface area contributed by atoms with Crippen LogP contribution in [0.15, 0.2) is 71.9 Å². The van der Waals surface area contributed by atoms with Gasteiger partial charge < -0.3 is 26.1 Å². The van der Waals surface area contributed by atoms with Crippen LogP contribution >= 0.6 is 0 Å². The van der Waals surface area contributed by atoms with Crippen molar-refractivity contribution in [3.63, 3.8) is 0 Å². The maximum absolute atomic E-state index is 12.1.